The third kappa shape index (κ3) is 1.38. The first-order valence-electron chi connectivity index (χ1n) is 4.63. The van der Waals surface area contributed by atoms with Gasteiger partial charge in [-0.2, -0.15) is 0 Å². The Balaban J connectivity index is 2.87. The summed E-state index contributed by atoms with van der Waals surface area (Å²) in [7, 11) is 0. The van der Waals surface area contributed by atoms with Gasteiger partial charge in [-0.1, -0.05) is 29.4 Å². The SMILES string of the molecule is [C-]#[N+]/C(C#N)=C1/C(=N\O)C(=O)c2ccccc21. The fraction of sp³-hybridized carbons (Fsp3) is 0. The summed E-state index contributed by atoms with van der Waals surface area (Å²) < 4.78 is 0. The van der Waals surface area contributed by atoms with Gasteiger partial charge in [-0.15, -0.1) is 0 Å². The van der Waals surface area contributed by atoms with Gasteiger partial charge in [0, 0.05) is 11.1 Å². The fourth-order valence-electron chi connectivity index (χ4n) is 1.74. The summed E-state index contributed by atoms with van der Waals surface area (Å²) >= 11 is 0. The topological polar surface area (TPSA) is 77.8 Å². The lowest BCUT2D eigenvalue weighted by Gasteiger charge is -1.98. The van der Waals surface area contributed by atoms with Gasteiger partial charge in [0.25, 0.3) is 5.70 Å². The van der Waals surface area contributed by atoms with E-state index in [9.17, 15) is 4.79 Å². The van der Waals surface area contributed by atoms with E-state index in [1.54, 1.807) is 30.3 Å². The van der Waals surface area contributed by atoms with Crippen LogP contribution in [0.3, 0.4) is 0 Å². The van der Waals surface area contributed by atoms with E-state index in [2.05, 4.69) is 10.0 Å². The number of allylic oxidation sites excluding steroid dienone is 2. The molecule has 0 saturated carbocycles. The van der Waals surface area contributed by atoms with Crippen LogP contribution in [-0.4, -0.2) is 16.7 Å². The minimum absolute atomic E-state index is 0.102. The van der Waals surface area contributed by atoms with Gasteiger partial charge in [0.05, 0.1) is 12.6 Å². The molecule has 1 aliphatic carbocycles. The quantitative estimate of drug-likeness (QED) is 0.315. The first kappa shape index (κ1) is 10.6. The van der Waals surface area contributed by atoms with Crippen LogP contribution in [0.2, 0.25) is 0 Å². The highest BCUT2D eigenvalue weighted by Gasteiger charge is 2.34. The second-order valence-electron chi connectivity index (χ2n) is 3.27. The minimum atomic E-state index is -0.477. The number of fused-ring (bicyclic) bond motifs is 1. The maximum absolute atomic E-state index is 11.8. The van der Waals surface area contributed by atoms with E-state index >= 15 is 0 Å². The van der Waals surface area contributed by atoms with E-state index < -0.39 is 5.78 Å². The molecule has 1 aromatic rings. The van der Waals surface area contributed by atoms with E-state index in [4.69, 9.17) is 17.0 Å². The predicted octanol–water partition coefficient (Wildman–Crippen LogP) is 1.87. The number of hydrogen-bond acceptors (Lipinski definition) is 4. The zero-order chi connectivity index (χ0) is 12.4. The molecule has 80 valence electrons. The summed E-state index contributed by atoms with van der Waals surface area (Å²) in [4.78, 5) is 14.9. The molecule has 0 amide bonds. The Kier molecular flexibility index (Phi) is 2.44. The molecule has 5 nitrogen and oxygen atoms in total. The lowest BCUT2D eigenvalue weighted by atomic mass is 10.1. The Morgan fingerprint density at radius 2 is 2.06 bits per heavy atom. The minimum Gasteiger partial charge on any atom is -0.410 e. The van der Waals surface area contributed by atoms with Crippen molar-refractivity contribution in [3.8, 4) is 6.07 Å². The Labute approximate surface area is 96.7 Å². The first-order valence-corrected chi connectivity index (χ1v) is 4.63. The van der Waals surface area contributed by atoms with Crippen LogP contribution in [0.1, 0.15) is 15.9 Å². The molecule has 0 saturated heterocycles. The third-order valence-electron chi connectivity index (χ3n) is 2.45. The van der Waals surface area contributed by atoms with Crippen LogP contribution in [0.5, 0.6) is 0 Å². The molecule has 0 atom stereocenters. The first-order chi connectivity index (χ1) is 8.24. The maximum atomic E-state index is 11.8. The molecule has 0 aliphatic heterocycles. The summed E-state index contributed by atoms with van der Waals surface area (Å²) in [5, 5.41) is 20.6. The van der Waals surface area contributed by atoms with Crippen LogP contribution in [-0.2, 0) is 0 Å². The van der Waals surface area contributed by atoms with Gasteiger partial charge >= 0.3 is 0 Å². The second kappa shape index (κ2) is 3.92. The molecule has 0 spiro atoms. The molecule has 0 aromatic heterocycles. The van der Waals surface area contributed by atoms with E-state index in [1.165, 1.54) is 0 Å². The highest BCUT2D eigenvalue weighted by molar-refractivity contribution is 6.65. The number of carbonyl (C=O) groups excluding carboxylic acids is 1. The second-order valence-corrected chi connectivity index (χ2v) is 3.27. The van der Waals surface area contributed by atoms with Crippen LogP contribution < -0.4 is 0 Å². The van der Waals surface area contributed by atoms with Gasteiger partial charge in [0.1, 0.15) is 5.71 Å². The van der Waals surface area contributed by atoms with Crippen molar-refractivity contribution < 1.29 is 10.0 Å². The molecule has 0 bridgehead atoms. The van der Waals surface area contributed by atoms with E-state index in [-0.39, 0.29) is 17.0 Å². The van der Waals surface area contributed by atoms with Crippen molar-refractivity contribution in [1.82, 2.24) is 0 Å². The number of benzene rings is 1. The average Bonchev–Trinajstić information content (AvgIpc) is 2.65. The summed E-state index contributed by atoms with van der Waals surface area (Å²) in [5.41, 5.74) is 0.394. The van der Waals surface area contributed by atoms with Gasteiger partial charge in [-0.25, -0.2) is 10.1 Å². The number of carbonyl (C=O) groups is 1. The molecule has 0 heterocycles. The number of hydrogen-bond donors (Lipinski definition) is 1. The molecule has 0 fully saturated rings. The van der Waals surface area contributed by atoms with Gasteiger partial charge in [-0.3, -0.25) is 4.79 Å². The van der Waals surface area contributed by atoms with Gasteiger partial charge in [-0.05, 0) is 5.56 Å². The van der Waals surface area contributed by atoms with Crippen LogP contribution in [0, 0.1) is 17.9 Å². The van der Waals surface area contributed by atoms with Crippen molar-refractivity contribution in [2.24, 2.45) is 5.16 Å². The van der Waals surface area contributed by atoms with E-state index in [0.29, 0.717) is 11.1 Å². The number of ketones is 1. The highest BCUT2D eigenvalue weighted by Crippen LogP contribution is 2.32. The van der Waals surface area contributed by atoms with Crippen LogP contribution in [0.15, 0.2) is 35.1 Å². The van der Waals surface area contributed by atoms with Crippen LogP contribution in [0.4, 0.5) is 0 Å². The Hall–Kier alpha value is -2.92. The van der Waals surface area contributed by atoms with Crippen molar-refractivity contribution in [3.05, 3.63) is 52.5 Å². The number of nitrogens with zero attached hydrogens (tertiary/aromatic N) is 3. The summed E-state index contributed by atoms with van der Waals surface area (Å²) in [6.07, 6.45) is 0. The lowest BCUT2D eigenvalue weighted by Crippen LogP contribution is -2.07. The predicted molar refractivity (Wildman–Crippen MR) is 59.1 cm³/mol. The summed E-state index contributed by atoms with van der Waals surface area (Å²) in [5.74, 6) is -0.477. The lowest BCUT2D eigenvalue weighted by molar-refractivity contribution is 0.106. The number of rotatable bonds is 0. The zero-order valence-electron chi connectivity index (χ0n) is 8.51. The molecule has 17 heavy (non-hydrogen) atoms. The molecule has 1 N–H and O–H groups in total. The maximum Gasteiger partial charge on any atom is 0.272 e. The number of nitriles is 1. The van der Waals surface area contributed by atoms with E-state index in [0.717, 1.165) is 0 Å². The molecular weight excluding hydrogens is 218 g/mol. The van der Waals surface area contributed by atoms with Crippen molar-refractivity contribution in [2.75, 3.05) is 0 Å². The smallest absolute Gasteiger partial charge is 0.272 e. The average molecular weight is 223 g/mol. The van der Waals surface area contributed by atoms with E-state index in [1.807, 2.05) is 0 Å². The molecule has 0 unspecified atom stereocenters. The van der Waals surface area contributed by atoms with Gasteiger partial charge in [0.15, 0.2) is 0 Å². The number of Topliss-reactive ketones (excluding diaryl/α,β-unsaturated/α-hetero) is 1. The zero-order valence-corrected chi connectivity index (χ0v) is 8.51. The van der Waals surface area contributed by atoms with Crippen molar-refractivity contribution in [3.63, 3.8) is 0 Å². The van der Waals surface area contributed by atoms with Crippen molar-refractivity contribution >= 4 is 17.1 Å². The molecule has 2 rings (SSSR count). The normalized spacial score (nSPS) is 18.5. The van der Waals surface area contributed by atoms with Crippen molar-refractivity contribution in [1.29, 1.82) is 5.26 Å². The number of oxime groups is 1. The van der Waals surface area contributed by atoms with Gasteiger partial charge < -0.3 is 5.21 Å². The molecule has 0 radical (unpaired) electrons. The Morgan fingerprint density at radius 3 is 2.59 bits per heavy atom. The van der Waals surface area contributed by atoms with Crippen LogP contribution in [0.25, 0.3) is 10.4 Å². The highest BCUT2D eigenvalue weighted by atomic mass is 16.4. The Morgan fingerprint density at radius 1 is 1.41 bits per heavy atom. The monoisotopic (exact) mass is 223 g/mol. The molecule has 1 aromatic carbocycles. The fourth-order valence-corrected chi connectivity index (χ4v) is 1.74. The molecular formula is C12H5N3O2. The van der Waals surface area contributed by atoms with Crippen molar-refractivity contribution in [2.45, 2.75) is 0 Å². The van der Waals surface area contributed by atoms with Gasteiger partial charge in [0.2, 0.25) is 5.78 Å². The molecule has 5 heteroatoms. The molecule has 1 aliphatic rings. The standard InChI is InChI=1S/C12H5N3O2/c1-14-9(6-13)10-7-4-2-3-5-8(7)12(16)11(10)15-17/h2-5,17H/b10-9+,15-11+. The largest absolute Gasteiger partial charge is 0.410 e. The Bertz CT molecular complexity index is 641. The third-order valence-corrected chi connectivity index (χ3v) is 2.45. The van der Waals surface area contributed by atoms with Crippen LogP contribution >= 0.6 is 0 Å². The summed E-state index contributed by atoms with van der Waals surface area (Å²) in [6, 6.07) is 8.23. The summed E-state index contributed by atoms with van der Waals surface area (Å²) in [6.45, 7) is 6.89.